The maximum atomic E-state index is 11.9. The molecule has 4 nitrogen and oxygen atoms in total. The predicted octanol–water partition coefficient (Wildman–Crippen LogP) is 2.13. The number of nitrogens with one attached hydrogen (secondary N) is 2. The number of amides is 2. The van der Waals surface area contributed by atoms with E-state index in [2.05, 4.69) is 10.6 Å². The van der Waals surface area contributed by atoms with E-state index >= 15 is 0 Å². The van der Waals surface area contributed by atoms with Crippen LogP contribution in [0.2, 0.25) is 0 Å². The van der Waals surface area contributed by atoms with Crippen LogP contribution < -0.4 is 10.6 Å². The summed E-state index contributed by atoms with van der Waals surface area (Å²) in [5.41, 5.74) is 1.06. The van der Waals surface area contributed by atoms with E-state index in [1.54, 1.807) is 24.3 Å². The van der Waals surface area contributed by atoms with Crippen molar-refractivity contribution in [1.82, 2.24) is 5.32 Å². The molecular formula is C13H18N2O2S. The number of anilines is 1. The van der Waals surface area contributed by atoms with Gasteiger partial charge in [-0.15, -0.1) is 0 Å². The van der Waals surface area contributed by atoms with E-state index in [4.69, 9.17) is 0 Å². The van der Waals surface area contributed by atoms with Crippen molar-refractivity contribution in [2.24, 2.45) is 0 Å². The predicted molar refractivity (Wildman–Crippen MR) is 76.1 cm³/mol. The highest BCUT2D eigenvalue weighted by molar-refractivity contribution is 7.99. The first-order valence-corrected chi connectivity index (χ1v) is 7.24. The Bertz CT molecular complexity index is 421. The zero-order valence-corrected chi connectivity index (χ0v) is 11.5. The van der Waals surface area contributed by atoms with Crippen LogP contribution >= 0.6 is 11.8 Å². The van der Waals surface area contributed by atoms with Gasteiger partial charge in [-0.3, -0.25) is 9.59 Å². The van der Waals surface area contributed by atoms with Crippen LogP contribution in [0.1, 0.15) is 23.7 Å². The van der Waals surface area contributed by atoms with Crippen molar-refractivity contribution >= 4 is 29.3 Å². The lowest BCUT2D eigenvalue weighted by molar-refractivity contribution is -0.113. The summed E-state index contributed by atoms with van der Waals surface area (Å²) in [6.07, 6.45) is 2.74. The molecule has 0 heterocycles. The largest absolute Gasteiger partial charge is 0.352 e. The Balaban J connectivity index is 2.79. The van der Waals surface area contributed by atoms with E-state index < -0.39 is 0 Å². The molecule has 1 aromatic carbocycles. The van der Waals surface area contributed by atoms with Gasteiger partial charge in [0.25, 0.3) is 5.91 Å². The molecule has 5 heteroatoms. The van der Waals surface area contributed by atoms with E-state index in [0.29, 0.717) is 23.5 Å². The summed E-state index contributed by atoms with van der Waals surface area (Å²) in [5.74, 6) is 0.125. The molecule has 0 aliphatic carbocycles. The summed E-state index contributed by atoms with van der Waals surface area (Å²) in [7, 11) is 0. The Morgan fingerprint density at radius 3 is 2.67 bits per heavy atom. The van der Waals surface area contributed by atoms with Gasteiger partial charge in [-0.25, -0.2) is 0 Å². The Hall–Kier alpha value is -1.49. The minimum Gasteiger partial charge on any atom is -0.352 e. The molecule has 0 bridgehead atoms. The van der Waals surface area contributed by atoms with Crippen LogP contribution in [0.5, 0.6) is 0 Å². The van der Waals surface area contributed by atoms with Gasteiger partial charge in [0.2, 0.25) is 5.91 Å². The van der Waals surface area contributed by atoms with E-state index in [9.17, 15) is 9.59 Å². The van der Waals surface area contributed by atoms with Crippen molar-refractivity contribution in [1.29, 1.82) is 0 Å². The SMILES string of the molecule is CCCNC(=O)c1ccccc1NC(=O)CSC. The molecule has 0 aliphatic rings. The first-order chi connectivity index (χ1) is 8.69. The molecule has 0 saturated heterocycles. The number of thioether (sulfide) groups is 1. The van der Waals surface area contributed by atoms with Crippen molar-refractivity contribution in [2.45, 2.75) is 13.3 Å². The zero-order chi connectivity index (χ0) is 13.4. The first kappa shape index (κ1) is 14.6. The molecule has 0 unspecified atom stereocenters. The van der Waals surface area contributed by atoms with Crippen LogP contribution in [0.4, 0.5) is 5.69 Å². The molecule has 0 radical (unpaired) electrons. The van der Waals surface area contributed by atoms with Crippen LogP contribution in [0, 0.1) is 0 Å². The fourth-order valence-electron chi connectivity index (χ4n) is 1.44. The van der Waals surface area contributed by atoms with Crippen LogP contribution in [-0.4, -0.2) is 30.4 Å². The average Bonchev–Trinajstić information content (AvgIpc) is 2.37. The van der Waals surface area contributed by atoms with Crippen molar-refractivity contribution in [2.75, 3.05) is 23.9 Å². The first-order valence-electron chi connectivity index (χ1n) is 5.85. The highest BCUT2D eigenvalue weighted by Gasteiger charge is 2.11. The molecule has 0 atom stereocenters. The zero-order valence-electron chi connectivity index (χ0n) is 10.7. The Morgan fingerprint density at radius 1 is 1.28 bits per heavy atom. The third-order valence-electron chi connectivity index (χ3n) is 2.26. The van der Waals surface area contributed by atoms with E-state index in [-0.39, 0.29) is 11.8 Å². The number of carbonyl (C=O) groups is 2. The standard InChI is InChI=1S/C13H18N2O2S/c1-3-8-14-13(17)10-6-4-5-7-11(10)15-12(16)9-18-2/h4-7H,3,8-9H2,1-2H3,(H,14,17)(H,15,16). The molecule has 0 saturated carbocycles. The van der Waals surface area contributed by atoms with E-state index in [1.165, 1.54) is 11.8 Å². The third kappa shape index (κ3) is 4.41. The van der Waals surface area contributed by atoms with E-state index in [0.717, 1.165) is 6.42 Å². The topological polar surface area (TPSA) is 58.2 Å². The molecule has 2 amide bonds. The highest BCUT2D eigenvalue weighted by atomic mass is 32.2. The lowest BCUT2D eigenvalue weighted by Gasteiger charge is -2.10. The van der Waals surface area contributed by atoms with Gasteiger partial charge >= 0.3 is 0 Å². The number of para-hydroxylation sites is 1. The molecular weight excluding hydrogens is 248 g/mol. The minimum atomic E-state index is -0.156. The molecule has 0 aromatic heterocycles. The lowest BCUT2D eigenvalue weighted by Crippen LogP contribution is -2.26. The van der Waals surface area contributed by atoms with Gasteiger partial charge in [-0.05, 0) is 24.8 Å². The molecule has 0 fully saturated rings. The molecule has 0 spiro atoms. The van der Waals surface area contributed by atoms with Gasteiger partial charge in [-0.1, -0.05) is 19.1 Å². The molecule has 18 heavy (non-hydrogen) atoms. The van der Waals surface area contributed by atoms with Gasteiger partial charge in [0, 0.05) is 6.54 Å². The normalized spacial score (nSPS) is 9.89. The monoisotopic (exact) mass is 266 g/mol. The molecule has 98 valence electrons. The lowest BCUT2D eigenvalue weighted by atomic mass is 10.1. The summed E-state index contributed by atoms with van der Waals surface area (Å²) < 4.78 is 0. The maximum Gasteiger partial charge on any atom is 0.253 e. The second kappa shape index (κ2) is 7.76. The molecule has 1 aromatic rings. The molecule has 0 aliphatic heterocycles. The maximum absolute atomic E-state index is 11.9. The van der Waals surface area contributed by atoms with Gasteiger partial charge in [0.15, 0.2) is 0 Å². The minimum absolute atomic E-state index is 0.0989. The second-order valence-corrected chi connectivity index (χ2v) is 4.65. The molecule has 2 N–H and O–H groups in total. The summed E-state index contributed by atoms with van der Waals surface area (Å²) in [6, 6.07) is 7.02. The quantitative estimate of drug-likeness (QED) is 0.829. The number of carbonyl (C=O) groups excluding carboxylic acids is 2. The van der Waals surface area contributed by atoms with Crippen LogP contribution in [0.25, 0.3) is 0 Å². The van der Waals surface area contributed by atoms with Crippen molar-refractivity contribution in [3.8, 4) is 0 Å². The second-order valence-electron chi connectivity index (χ2n) is 3.78. The van der Waals surface area contributed by atoms with Crippen molar-refractivity contribution in [3.63, 3.8) is 0 Å². The van der Waals surface area contributed by atoms with Crippen LogP contribution in [-0.2, 0) is 4.79 Å². The van der Waals surface area contributed by atoms with Crippen LogP contribution in [0.3, 0.4) is 0 Å². The van der Waals surface area contributed by atoms with Crippen molar-refractivity contribution in [3.05, 3.63) is 29.8 Å². The fourth-order valence-corrected chi connectivity index (χ4v) is 1.78. The summed E-state index contributed by atoms with van der Waals surface area (Å²) in [5, 5.41) is 5.55. The van der Waals surface area contributed by atoms with Gasteiger partial charge in [-0.2, -0.15) is 11.8 Å². The van der Waals surface area contributed by atoms with E-state index in [1.807, 2.05) is 13.2 Å². The Labute approximate surface area is 112 Å². The number of rotatable bonds is 6. The third-order valence-corrected chi connectivity index (χ3v) is 2.81. The average molecular weight is 266 g/mol. The summed E-state index contributed by atoms with van der Waals surface area (Å²) in [6.45, 7) is 2.62. The highest BCUT2D eigenvalue weighted by Crippen LogP contribution is 2.15. The molecule has 1 rings (SSSR count). The van der Waals surface area contributed by atoms with Crippen molar-refractivity contribution < 1.29 is 9.59 Å². The number of benzene rings is 1. The Morgan fingerprint density at radius 2 is 2.00 bits per heavy atom. The van der Waals surface area contributed by atoms with Gasteiger partial charge in [0.1, 0.15) is 0 Å². The van der Waals surface area contributed by atoms with Gasteiger partial charge in [0.05, 0.1) is 17.0 Å². The number of hydrogen-bond donors (Lipinski definition) is 2. The van der Waals surface area contributed by atoms with Crippen LogP contribution in [0.15, 0.2) is 24.3 Å². The smallest absolute Gasteiger partial charge is 0.253 e. The summed E-state index contributed by atoms with van der Waals surface area (Å²) >= 11 is 1.44. The fraction of sp³-hybridized carbons (Fsp3) is 0.385. The van der Waals surface area contributed by atoms with Gasteiger partial charge < -0.3 is 10.6 Å². The summed E-state index contributed by atoms with van der Waals surface area (Å²) in [4.78, 5) is 23.4. The number of hydrogen-bond acceptors (Lipinski definition) is 3. The Kier molecular flexibility index (Phi) is 6.28.